The van der Waals surface area contributed by atoms with E-state index in [1.165, 1.54) is 12.5 Å². The molecule has 0 bridgehead atoms. The van der Waals surface area contributed by atoms with Gasteiger partial charge in [-0.15, -0.1) is 0 Å². The first-order valence-electron chi connectivity index (χ1n) is 13.0. The Balaban J connectivity index is 1.71. The number of carboxylic acids is 1. The minimum atomic E-state index is -0.930. The van der Waals surface area contributed by atoms with Gasteiger partial charge >= 0.3 is 5.97 Å². The largest absolute Gasteiger partial charge is 0.481 e. The standard InChI is InChI=1S/C27H36FN3O4/c1-2-17(12-13-25(32)33)30-27(35)21-16-31(19-10-6-7-11-19)24-15-23(22(28)14-20(24)26(21)34)29-18-8-4-3-5-9-18/h14-19,29H,2-13H2,1H3,(H,30,35)(H,32,33)/t17-/m0/s1. The van der Waals surface area contributed by atoms with Gasteiger partial charge in [-0.1, -0.05) is 39.0 Å². The number of carboxylic acid groups (broad SMARTS) is 1. The van der Waals surface area contributed by atoms with Crippen molar-refractivity contribution in [1.29, 1.82) is 0 Å². The maximum Gasteiger partial charge on any atom is 0.303 e. The molecule has 1 aromatic heterocycles. The Morgan fingerprint density at radius 1 is 1.11 bits per heavy atom. The molecular formula is C27H36FN3O4. The molecule has 1 heterocycles. The highest BCUT2D eigenvalue weighted by atomic mass is 19.1. The van der Waals surface area contributed by atoms with Gasteiger partial charge in [0.05, 0.1) is 11.2 Å². The molecule has 190 valence electrons. The van der Waals surface area contributed by atoms with Crippen molar-refractivity contribution in [2.24, 2.45) is 0 Å². The lowest BCUT2D eigenvalue weighted by Gasteiger charge is -2.25. The molecule has 8 heteroatoms. The number of anilines is 1. The van der Waals surface area contributed by atoms with E-state index >= 15 is 4.39 Å². The van der Waals surface area contributed by atoms with Gasteiger partial charge in [-0.05, 0) is 50.7 Å². The van der Waals surface area contributed by atoms with E-state index in [-0.39, 0.29) is 41.9 Å². The molecule has 0 saturated heterocycles. The van der Waals surface area contributed by atoms with Crippen molar-refractivity contribution in [3.05, 3.63) is 39.9 Å². The summed E-state index contributed by atoms with van der Waals surface area (Å²) in [5.41, 5.74) is 0.539. The molecule has 2 aliphatic rings. The lowest BCUT2D eigenvalue weighted by molar-refractivity contribution is -0.137. The van der Waals surface area contributed by atoms with Crippen LogP contribution in [0.15, 0.2) is 23.1 Å². The number of benzene rings is 1. The second kappa shape index (κ2) is 11.2. The van der Waals surface area contributed by atoms with Gasteiger partial charge in [-0.25, -0.2) is 4.39 Å². The third-order valence-corrected chi connectivity index (χ3v) is 7.58. The molecule has 2 fully saturated rings. The number of halogens is 1. The predicted octanol–water partition coefficient (Wildman–Crippen LogP) is 5.37. The van der Waals surface area contributed by atoms with Crippen LogP contribution in [0.1, 0.15) is 100 Å². The van der Waals surface area contributed by atoms with Crippen LogP contribution in [0.3, 0.4) is 0 Å². The summed E-state index contributed by atoms with van der Waals surface area (Å²) in [6.45, 7) is 1.86. The van der Waals surface area contributed by atoms with Gasteiger partial charge in [0.15, 0.2) is 0 Å². The van der Waals surface area contributed by atoms with Crippen LogP contribution in [-0.2, 0) is 4.79 Å². The Labute approximate surface area is 205 Å². The van der Waals surface area contributed by atoms with Gasteiger partial charge in [-0.2, -0.15) is 0 Å². The van der Waals surface area contributed by atoms with Crippen LogP contribution < -0.4 is 16.1 Å². The molecule has 3 N–H and O–H groups in total. The van der Waals surface area contributed by atoms with Gasteiger partial charge in [0, 0.05) is 36.1 Å². The molecule has 2 saturated carbocycles. The molecule has 35 heavy (non-hydrogen) atoms. The number of nitrogens with zero attached hydrogens (tertiary/aromatic N) is 1. The van der Waals surface area contributed by atoms with Crippen molar-refractivity contribution in [3.63, 3.8) is 0 Å². The molecule has 0 unspecified atom stereocenters. The highest BCUT2D eigenvalue weighted by molar-refractivity contribution is 5.98. The second-order valence-corrected chi connectivity index (χ2v) is 10.1. The summed E-state index contributed by atoms with van der Waals surface area (Å²) in [5, 5.41) is 15.4. The predicted molar refractivity (Wildman–Crippen MR) is 135 cm³/mol. The number of carbonyl (C=O) groups is 2. The van der Waals surface area contributed by atoms with E-state index in [1.54, 1.807) is 12.3 Å². The fraction of sp³-hybridized carbons (Fsp3) is 0.593. The van der Waals surface area contributed by atoms with Gasteiger partial charge in [0.2, 0.25) is 5.43 Å². The molecule has 2 aromatic rings. The van der Waals surface area contributed by atoms with Crippen LogP contribution in [0.25, 0.3) is 10.9 Å². The lowest BCUT2D eigenvalue weighted by atomic mass is 9.95. The summed E-state index contributed by atoms with van der Waals surface area (Å²) in [7, 11) is 0. The maximum absolute atomic E-state index is 15.2. The number of carbonyl (C=O) groups excluding carboxylic acids is 1. The minimum absolute atomic E-state index is 0.0226. The van der Waals surface area contributed by atoms with Crippen molar-refractivity contribution in [2.75, 3.05) is 5.32 Å². The Kier molecular flexibility index (Phi) is 8.08. The highest BCUT2D eigenvalue weighted by Gasteiger charge is 2.25. The molecule has 0 radical (unpaired) electrons. The van der Waals surface area contributed by atoms with E-state index in [4.69, 9.17) is 5.11 Å². The van der Waals surface area contributed by atoms with Gasteiger partial charge in [0.1, 0.15) is 11.4 Å². The average Bonchev–Trinajstić information content (AvgIpc) is 3.38. The maximum atomic E-state index is 15.2. The van der Waals surface area contributed by atoms with Gasteiger partial charge in [0.25, 0.3) is 5.91 Å². The van der Waals surface area contributed by atoms with Crippen molar-refractivity contribution >= 4 is 28.5 Å². The fourth-order valence-corrected chi connectivity index (χ4v) is 5.53. The topological polar surface area (TPSA) is 100 Å². The summed E-state index contributed by atoms with van der Waals surface area (Å²) >= 11 is 0. The number of hydrogen-bond donors (Lipinski definition) is 3. The molecule has 1 amide bonds. The summed E-state index contributed by atoms with van der Waals surface area (Å²) in [4.78, 5) is 37.4. The third kappa shape index (κ3) is 5.85. The molecule has 4 rings (SSSR count). The highest BCUT2D eigenvalue weighted by Crippen LogP contribution is 2.34. The molecule has 1 aromatic carbocycles. The summed E-state index contributed by atoms with van der Waals surface area (Å²) < 4.78 is 17.2. The lowest BCUT2D eigenvalue weighted by Crippen LogP contribution is -2.37. The Morgan fingerprint density at radius 2 is 1.80 bits per heavy atom. The molecule has 0 spiro atoms. The average molecular weight is 486 g/mol. The van der Waals surface area contributed by atoms with Crippen molar-refractivity contribution in [2.45, 2.75) is 102 Å². The number of rotatable bonds is 9. The first-order chi connectivity index (χ1) is 16.9. The Hall–Kier alpha value is -2.90. The van der Waals surface area contributed by atoms with E-state index in [2.05, 4.69) is 10.6 Å². The first kappa shape index (κ1) is 25.2. The quantitative estimate of drug-likeness (QED) is 0.443. The van der Waals surface area contributed by atoms with Crippen molar-refractivity contribution in [1.82, 2.24) is 9.88 Å². The van der Waals surface area contributed by atoms with E-state index < -0.39 is 23.1 Å². The zero-order valence-electron chi connectivity index (χ0n) is 20.4. The summed E-state index contributed by atoms with van der Waals surface area (Å²) in [5.74, 6) is -1.95. The number of aromatic nitrogens is 1. The normalized spacial score (nSPS) is 18.0. The third-order valence-electron chi connectivity index (χ3n) is 7.58. The monoisotopic (exact) mass is 485 g/mol. The second-order valence-electron chi connectivity index (χ2n) is 10.1. The number of aliphatic carboxylic acids is 1. The van der Waals surface area contributed by atoms with Gasteiger partial charge < -0.3 is 20.3 Å². The molecule has 1 atom stereocenters. The van der Waals surface area contributed by atoms with Crippen LogP contribution in [0.5, 0.6) is 0 Å². The van der Waals surface area contributed by atoms with Crippen LogP contribution in [0.4, 0.5) is 10.1 Å². The SMILES string of the molecule is CC[C@@H](CCC(=O)O)NC(=O)c1cn(C2CCCC2)c2cc(NC3CCCCC3)c(F)cc2c1=O. The van der Waals surface area contributed by atoms with Crippen LogP contribution in [-0.4, -0.2) is 33.6 Å². The molecule has 2 aliphatic carbocycles. The zero-order valence-corrected chi connectivity index (χ0v) is 20.4. The van der Waals surface area contributed by atoms with E-state index in [0.29, 0.717) is 17.6 Å². The van der Waals surface area contributed by atoms with Crippen LogP contribution in [0.2, 0.25) is 0 Å². The van der Waals surface area contributed by atoms with E-state index in [1.807, 2.05) is 11.5 Å². The minimum Gasteiger partial charge on any atom is -0.481 e. The number of nitrogens with one attached hydrogen (secondary N) is 2. The van der Waals surface area contributed by atoms with E-state index in [9.17, 15) is 14.4 Å². The smallest absolute Gasteiger partial charge is 0.303 e. The molecular weight excluding hydrogens is 449 g/mol. The fourth-order valence-electron chi connectivity index (χ4n) is 5.53. The van der Waals surface area contributed by atoms with E-state index in [0.717, 1.165) is 51.4 Å². The number of fused-ring (bicyclic) bond motifs is 1. The number of pyridine rings is 1. The van der Waals surface area contributed by atoms with Crippen LogP contribution in [0, 0.1) is 5.82 Å². The first-order valence-corrected chi connectivity index (χ1v) is 13.0. The Bertz CT molecular complexity index is 1130. The number of hydrogen-bond acceptors (Lipinski definition) is 4. The number of amides is 1. The van der Waals surface area contributed by atoms with Crippen molar-refractivity contribution < 1.29 is 19.1 Å². The van der Waals surface area contributed by atoms with Crippen LogP contribution >= 0.6 is 0 Å². The Morgan fingerprint density at radius 3 is 2.46 bits per heavy atom. The zero-order chi connectivity index (χ0) is 24.9. The summed E-state index contributed by atoms with van der Waals surface area (Å²) in [6, 6.07) is 3.03. The summed E-state index contributed by atoms with van der Waals surface area (Å²) in [6.07, 6.45) is 11.9. The molecule has 7 nitrogen and oxygen atoms in total. The molecule has 0 aliphatic heterocycles. The van der Waals surface area contributed by atoms with Gasteiger partial charge in [-0.3, -0.25) is 14.4 Å². The van der Waals surface area contributed by atoms with Crippen molar-refractivity contribution in [3.8, 4) is 0 Å².